The van der Waals surface area contributed by atoms with Crippen molar-refractivity contribution in [3.63, 3.8) is 0 Å². The number of hydrogen-bond acceptors (Lipinski definition) is 6. The maximum Gasteiger partial charge on any atom is 0.183 e. The Morgan fingerprint density at radius 1 is 0.760 bits per heavy atom. The van der Waals surface area contributed by atoms with Gasteiger partial charge in [0.25, 0.3) is 0 Å². The molecular formula is C17H39NO5P2. The molecular weight excluding hydrogens is 360 g/mol. The predicted molar refractivity (Wildman–Crippen MR) is 108 cm³/mol. The highest BCUT2D eigenvalue weighted by atomic mass is 31.1. The van der Waals surface area contributed by atoms with Gasteiger partial charge in [-0.15, -0.1) is 0 Å². The number of hydrogen-bond donors (Lipinski definition) is 1. The van der Waals surface area contributed by atoms with Crippen LogP contribution in [0.2, 0.25) is 0 Å². The quantitative estimate of drug-likeness (QED) is 0.257. The van der Waals surface area contributed by atoms with E-state index in [0.29, 0.717) is 17.2 Å². The molecule has 0 bridgehead atoms. The second-order valence-corrected chi connectivity index (χ2v) is 9.90. The van der Waals surface area contributed by atoms with Crippen molar-refractivity contribution in [1.82, 2.24) is 5.48 Å². The molecule has 0 heterocycles. The van der Waals surface area contributed by atoms with Crippen molar-refractivity contribution >= 4 is 17.2 Å². The highest BCUT2D eigenvalue weighted by Gasteiger charge is 2.38. The van der Waals surface area contributed by atoms with E-state index in [1.54, 1.807) is 28.4 Å². The minimum Gasteiger partial charge on any atom is -0.350 e. The van der Waals surface area contributed by atoms with E-state index < -0.39 is 11.1 Å². The first kappa shape index (κ1) is 25.6. The lowest BCUT2D eigenvalue weighted by molar-refractivity contribution is -0.141. The normalized spacial score (nSPS) is 17.6. The Bertz CT molecular complexity index is 296. The zero-order valence-electron chi connectivity index (χ0n) is 17.4. The highest BCUT2D eigenvalue weighted by molar-refractivity contribution is 7.41. The summed E-state index contributed by atoms with van der Waals surface area (Å²) >= 11 is 0. The number of ether oxygens (including phenoxy) is 4. The number of methoxy groups -OCH3 is 4. The lowest BCUT2D eigenvalue weighted by Gasteiger charge is -2.39. The molecule has 0 spiro atoms. The molecule has 4 atom stereocenters. The van der Waals surface area contributed by atoms with Gasteiger partial charge in [-0.25, -0.2) is 5.48 Å². The SMILES string of the molecule is CCNOC(C(C)PC(CC)(OC)OC)C(C)PC(CC)(OC)OC. The molecule has 0 fully saturated rings. The van der Waals surface area contributed by atoms with Crippen LogP contribution in [0.4, 0.5) is 0 Å². The summed E-state index contributed by atoms with van der Waals surface area (Å²) in [7, 11) is 7.72. The van der Waals surface area contributed by atoms with Crippen LogP contribution >= 0.6 is 17.2 Å². The van der Waals surface area contributed by atoms with Gasteiger partial charge in [0.05, 0.1) is 6.10 Å². The standard InChI is InChI=1S/C17H39NO5P2/c1-10-16(19-6,20-7)24-13(4)15(23-18-12-3)14(5)25-17(11-2,21-8)22-9/h13-15,18,24-25H,10-12H2,1-9H3. The molecule has 0 rings (SSSR count). The summed E-state index contributed by atoms with van der Waals surface area (Å²) in [4.78, 5) is 6.02. The van der Waals surface area contributed by atoms with Gasteiger partial charge in [-0.05, 0) is 0 Å². The molecule has 1 N–H and O–H groups in total. The lowest BCUT2D eigenvalue weighted by atomic mass is 10.2. The lowest BCUT2D eigenvalue weighted by Crippen LogP contribution is -2.42. The van der Waals surface area contributed by atoms with Crippen LogP contribution in [0.15, 0.2) is 0 Å². The Balaban J connectivity index is 5.26. The fraction of sp³-hybridized carbons (Fsp3) is 1.00. The van der Waals surface area contributed by atoms with Crippen molar-refractivity contribution in [2.45, 2.75) is 75.9 Å². The van der Waals surface area contributed by atoms with Crippen LogP contribution in [-0.2, 0) is 23.8 Å². The van der Waals surface area contributed by atoms with E-state index in [1.165, 1.54) is 0 Å². The van der Waals surface area contributed by atoms with E-state index >= 15 is 0 Å². The molecule has 0 radical (unpaired) electrons. The second-order valence-electron chi connectivity index (χ2n) is 5.98. The van der Waals surface area contributed by atoms with E-state index in [4.69, 9.17) is 23.8 Å². The molecule has 25 heavy (non-hydrogen) atoms. The van der Waals surface area contributed by atoms with E-state index in [-0.39, 0.29) is 17.4 Å². The average molecular weight is 399 g/mol. The maximum absolute atomic E-state index is 6.02. The van der Waals surface area contributed by atoms with Gasteiger partial charge in [0.15, 0.2) is 11.1 Å². The summed E-state index contributed by atoms with van der Waals surface area (Å²) in [5, 5.41) is 0. The van der Waals surface area contributed by atoms with Crippen LogP contribution in [0.1, 0.15) is 47.5 Å². The van der Waals surface area contributed by atoms with Gasteiger partial charge in [-0.1, -0.05) is 51.8 Å². The smallest absolute Gasteiger partial charge is 0.183 e. The van der Waals surface area contributed by atoms with Crippen LogP contribution < -0.4 is 5.48 Å². The van der Waals surface area contributed by atoms with Gasteiger partial charge < -0.3 is 18.9 Å². The molecule has 0 aliphatic carbocycles. The molecule has 0 aliphatic rings. The van der Waals surface area contributed by atoms with Crippen molar-refractivity contribution in [2.75, 3.05) is 35.0 Å². The third kappa shape index (κ3) is 7.63. The topological polar surface area (TPSA) is 58.2 Å². The Morgan fingerprint density at radius 2 is 1.12 bits per heavy atom. The number of hydroxylamine groups is 1. The molecule has 8 heteroatoms. The Hall–Kier alpha value is 0.620. The first-order chi connectivity index (χ1) is 11.8. The molecule has 0 aromatic rings. The Kier molecular flexibility index (Phi) is 13.2. The summed E-state index contributed by atoms with van der Waals surface area (Å²) in [6, 6.07) is 0. The fourth-order valence-electron chi connectivity index (χ4n) is 2.86. The zero-order valence-corrected chi connectivity index (χ0v) is 19.4. The van der Waals surface area contributed by atoms with Crippen LogP contribution in [-0.4, -0.2) is 63.5 Å². The minimum atomic E-state index is -0.555. The molecule has 0 aliphatic heterocycles. The molecule has 6 nitrogen and oxygen atoms in total. The predicted octanol–water partition coefficient (Wildman–Crippen LogP) is 3.74. The molecule has 4 unspecified atom stereocenters. The first-order valence-electron chi connectivity index (χ1n) is 8.97. The van der Waals surface area contributed by atoms with Gasteiger partial charge in [0.2, 0.25) is 0 Å². The molecule has 0 saturated heterocycles. The molecule has 0 aromatic heterocycles. The van der Waals surface area contributed by atoms with Crippen LogP contribution in [0.3, 0.4) is 0 Å². The third-order valence-corrected chi connectivity index (χ3v) is 8.47. The second kappa shape index (κ2) is 12.9. The monoisotopic (exact) mass is 399 g/mol. The van der Waals surface area contributed by atoms with Gasteiger partial charge in [0, 0.05) is 59.1 Å². The van der Waals surface area contributed by atoms with Gasteiger partial charge in [-0.3, -0.25) is 4.84 Å². The summed E-state index contributed by atoms with van der Waals surface area (Å²) < 4.78 is 22.7. The summed E-state index contributed by atoms with van der Waals surface area (Å²) in [6.45, 7) is 11.3. The van der Waals surface area contributed by atoms with Gasteiger partial charge in [0.1, 0.15) is 0 Å². The van der Waals surface area contributed by atoms with Gasteiger partial charge >= 0.3 is 0 Å². The van der Waals surface area contributed by atoms with Crippen LogP contribution in [0.25, 0.3) is 0 Å². The minimum absolute atomic E-state index is 0.00377. The molecule has 0 saturated carbocycles. The summed E-state index contributed by atoms with van der Waals surface area (Å²) in [5.41, 5.74) is 2.43. The highest BCUT2D eigenvalue weighted by Crippen LogP contribution is 2.47. The Labute approximate surface area is 157 Å². The first-order valence-corrected chi connectivity index (χ1v) is 11.1. The van der Waals surface area contributed by atoms with Crippen LogP contribution in [0.5, 0.6) is 0 Å². The van der Waals surface area contributed by atoms with Crippen LogP contribution in [0, 0.1) is 0 Å². The molecule has 0 aromatic carbocycles. The molecule has 0 amide bonds. The Morgan fingerprint density at radius 3 is 1.36 bits per heavy atom. The van der Waals surface area contributed by atoms with Crippen molar-refractivity contribution in [1.29, 1.82) is 0 Å². The zero-order chi connectivity index (χ0) is 19.5. The maximum atomic E-state index is 6.02. The van der Waals surface area contributed by atoms with E-state index in [2.05, 4.69) is 33.2 Å². The van der Waals surface area contributed by atoms with E-state index in [1.807, 2.05) is 6.92 Å². The van der Waals surface area contributed by atoms with Crippen molar-refractivity contribution in [3.8, 4) is 0 Å². The fourth-order valence-corrected chi connectivity index (χ4v) is 6.36. The summed E-state index contributed by atoms with van der Waals surface area (Å²) in [5.74, 6) is 0. The average Bonchev–Trinajstić information content (AvgIpc) is 2.64. The van der Waals surface area contributed by atoms with E-state index in [9.17, 15) is 0 Å². The van der Waals surface area contributed by atoms with Gasteiger partial charge in [-0.2, -0.15) is 0 Å². The third-order valence-electron chi connectivity index (χ3n) is 4.49. The van der Waals surface area contributed by atoms with Crippen molar-refractivity contribution in [2.24, 2.45) is 0 Å². The molecule has 152 valence electrons. The number of nitrogens with one attached hydrogen (secondary N) is 1. The van der Waals surface area contributed by atoms with Crippen molar-refractivity contribution in [3.05, 3.63) is 0 Å². The van der Waals surface area contributed by atoms with Crippen molar-refractivity contribution < 1.29 is 23.8 Å². The number of rotatable bonds is 15. The largest absolute Gasteiger partial charge is 0.350 e. The summed E-state index contributed by atoms with van der Waals surface area (Å²) in [6.07, 6.45) is 1.59. The van der Waals surface area contributed by atoms with E-state index in [0.717, 1.165) is 19.4 Å².